The Labute approximate surface area is 237 Å². The van der Waals surface area contributed by atoms with Gasteiger partial charge in [0.25, 0.3) is 0 Å². The highest BCUT2D eigenvalue weighted by Gasteiger charge is 2.21. The van der Waals surface area contributed by atoms with E-state index >= 15 is 0 Å². The fourth-order valence-corrected chi connectivity index (χ4v) is 4.66. The number of carbonyl (C=O) groups excluding carboxylic acids is 3. The second kappa shape index (κ2) is 12.0. The molecule has 0 spiro atoms. The van der Waals surface area contributed by atoms with Gasteiger partial charge in [-0.2, -0.15) is 0 Å². The van der Waals surface area contributed by atoms with Crippen LogP contribution in [0.3, 0.4) is 0 Å². The lowest BCUT2D eigenvalue weighted by Crippen LogP contribution is -2.07. The number of allylic oxidation sites excluding steroid dienone is 4. The molecule has 0 radical (unpaired) electrons. The van der Waals surface area contributed by atoms with Gasteiger partial charge in [0.15, 0.2) is 5.65 Å². The summed E-state index contributed by atoms with van der Waals surface area (Å²) in [7, 11) is 0. The summed E-state index contributed by atoms with van der Waals surface area (Å²) in [4.78, 5) is 44.7. The molecule has 0 saturated heterocycles. The third-order valence-corrected chi connectivity index (χ3v) is 6.40. The van der Waals surface area contributed by atoms with E-state index in [9.17, 15) is 14.4 Å². The Bertz CT molecular complexity index is 1680. The van der Waals surface area contributed by atoms with Gasteiger partial charge in [-0.3, -0.25) is 18.8 Å². The van der Waals surface area contributed by atoms with Gasteiger partial charge in [0, 0.05) is 45.4 Å². The zero-order valence-electron chi connectivity index (χ0n) is 23.0. The van der Waals surface area contributed by atoms with Crippen molar-refractivity contribution in [1.29, 1.82) is 0 Å². The smallest absolute Gasteiger partial charge is 0.309 e. The predicted octanol–water partition coefficient (Wildman–Crippen LogP) is 5.58. The van der Waals surface area contributed by atoms with E-state index in [-0.39, 0.29) is 0 Å². The molecule has 5 rings (SSSR count). The van der Waals surface area contributed by atoms with E-state index in [1.165, 1.54) is 26.3 Å². The van der Waals surface area contributed by atoms with Crippen LogP contribution in [0.15, 0.2) is 78.5 Å². The lowest BCUT2D eigenvalue weighted by Gasteiger charge is -2.12. The SMILES string of the molecule is CC(=O)Oc1ccc(Cc2nc3c(CC4=CC=CCC4)nc(-c4ccc(OC(C)=O)cc4)cn3c2OC(C)=O)cc1. The Hall–Kier alpha value is -5.05. The molecule has 41 heavy (non-hydrogen) atoms. The summed E-state index contributed by atoms with van der Waals surface area (Å²) < 4.78 is 17.8. The maximum Gasteiger partial charge on any atom is 0.309 e. The summed E-state index contributed by atoms with van der Waals surface area (Å²) >= 11 is 0. The van der Waals surface area contributed by atoms with Crippen LogP contribution in [0.25, 0.3) is 16.9 Å². The second-order valence-electron chi connectivity index (χ2n) is 9.72. The molecule has 0 atom stereocenters. The number of fused-ring (bicyclic) bond motifs is 1. The number of hydrogen-bond donors (Lipinski definition) is 0. The van der Waals surface area contributed by atoms with E-state index in [4.69, 9.17) is 24.2 Å². The molecule has 0 fully saturated rings. The second-order valence-corrected chi connectivity index (χ2v) is 9.72. The minimum atomic E-state index is -0.468. The van der Waals surface area contributed by atoms with Crippen LogP contribution >= 0.6 is 0 Å². The van der Waals surface area contributed by atoms with Crippen LogP contribution in [0.4, 0.5) is 0 Å². The van der Waals surface area contributed by atoms with Crippen LogP contribution in [-0.2, 0) is 27.2 Å². The van der Waals surface area contributed by atoms with Crippen LogP contribution in [0.5, 0.6) is 17.4 Å². The van der Waals surface area contributed by atoms with E-state index in [0.29, 0.717) is 47.3 Å². The Kier molecular flexibility index (Phi) is 8.05. The van der Waals surface area contributed by atoms with Crippen molar-refractivity contribution >= 4 is 23.6 Å². The Balaban J connectivity index is 1.60. The molecule has 9 heteroatoms. The minimum Gasteiger partial charge on any atom is -0.427 e. The van der Waals surface area contributed by atoms with Crippen LogP contribution in [0, 0.1) is 0 Å². The number of benzene rings is 2. The van der Waals surface area contributed by atoms with Crippen LogP contribution in [0.2, 0.25) is 0 Å². The molecule has 0 N–H and O–H groups in total. The molecule has 2 aromatic heterocycles. The summed E-state index contributed by atoms with van der Waals surface area (Å²) in [5.74, 6) is -0.0587. The first-order valence-corrected chi connectivity index (χ1v) is 13.2. The number of esters is 3. The monoisotopic (exact) mass is 551 g/mol. The minimum absolute atomic E-state index is 0.315. The molecule has 0 amide bonds. The molecule has 2 aromatic carbocycles. The number of imidazole rings is 1. The Morgan fingerprint density at radius 3 is 2.00 bits per heavy atom. The van der Waals surface area contributed by atoms with Crippen molar-refractivity contribution in [2.24, 2.45) is 0 Å². The highest BCUT2D eigenvalue weighted by atomic mass is 16.5. The Morgan fingerprint density at radius 2 is 1.41 bits per heavy atom. The number of hydrogen-bond acceptors (Lipinski definition) is 8. The molecule has 0 saturated carbocycles. The van der Waals surface area contributed by atoms with E-state index < -0.39 is 17.9 Å². The number of aromatic nitrogens is 3. The van der Waals surface area contributed by atoms with Crippen LogP contribution in [0.1, 0.15) is 50.6 Å². The maximum absolute atomic E-state index is 12.2. The van der Waals surface area contributed by atoms with Gasteiger partial charge in [-0.25, -0.2) is 9.97 Å². The summed E-state index contributed by atoms with van der Waals surface area (Å²) in [6.45, 7) is 4.06. The fraction of sp³-hybridized carbons (Fsp3) is 0.219. The highest BCUT2D eigenvalue weighted by Crippen LogP contribution is 2.31. The van der Waals surface area contributed by atoms with Gasteiger partial charge in [-0.1, -0.05) is 35.9 Å². The van der Waals surface area contributed by atoms with Gasteiger partial charge in [0.1, 0.15) is 17.2 Å². The van der Waals surface area contributed by atoms with E-state index in [2.05, 4.69) is 12.2 Å². The number of nitrogens with zero attached hydrogens (tertiary/aromatic N) is 3. The summed E-state index contributed by atoms with van der Waals surface area (Å²) in [6.07, 6.45) is 10.9. The van der Waals surface area contributed by atoms with Crippen LogP contribution < -0.4 is 14.2 Å². The zero-order valence-corrected chi connectivity index (χ0v) is 23.0. The molecule has 1 aliphatic rings. The quantitative estimate of drug-likeness (QED) is 0.206. The molecule has 0 aliphatic heterocycles. The zero-order chi connectivity index (χ0) is 28.9. The highest BCUT2D eigenvalue weighted by molar-refractivity contribution is 5.72. The molecule has 0 unspecified atom stereocenters. The molecule has 9 nitrogen and oxygen atoms in total. The molecule has 4 aromatic rings. The number of carbonyl (C=O) groups is 3. The summed E-state index contributed by atoms with van der Waals surface area (Å²) in [5.41, 5.74) is 5.49. The number of ether oxygens (including phenoxy) is 3. The van der Waals surface area contributed by atoms with E-state index in [0.717, 1.165) is 29.7 Å². The van der Waals surface area contributed by atoms with Crippen molar-refractivity contribution in [2.75, 3.05) is 0 Å². The molecular weight excluding hydrogens is 522 g/mol. The lowest BCUT2D eigenvalue weighted by atomic mass is 10.0. The summed E-state index contributed by atoms with van der Waals surface area (Å²) in [6, 6.07) is 14.2. The third kappa shape index (κ3) is 6.75. The molecular formula is C32H29N3O6. The first-order chi connectivity index (χ1) is 19.7. The first kappa shape index (κ1) is 27.5. The molecule has 0 bridgehead atoms. The van der Waals surface area contributed by atoms with Gasteiger partial charge in [0.2, 0.25) is 5.88 Å². The van der Waals surface area contributed by atoms with Gasteiger partial charge >= 0.3 is 17.9 Å². The first-order valence-electron chi connectivity index (χ1n) is 13.2. The van der Waals surface area contributed by atoms with Crippen molar-refractivity contribution in [3.8, 4) is 28.6 Å². The average Bonchev–Trinajstić information content (AvgIpc) is 3.26. The fourth-order valence-electron chi connectivity index (χ4n) is 4.66. The normalized spacial score (nSPS) is 12.6. The Morgan fingerprint density at radius 1 is 0.780 bits per heavy atom. The van der Waals surface area contributed by atoms with Crippen molar-refractivity contribution < 1.29 is 28.6 Å². The predicted molar refractivity (Wildman–Crippen MR) is 152 cm³/mol. The standard InChI is InChI=1S/C32H29N3O6/c1-20(36)39-26-13-9-24(10-14-26)18-29-32(41-22(3)38)35-19-30(25-11-15-27(16-12-25)40-21(2)37)33-28(31(35)34-29)17-23-7-5-4-6-8-23/h4-5,7,9-16,19H,6,8,17-18H2,1-3H3. The molecule has 2 heterocycles. The third-order valence-electron chi connectivity index (χ3n) is 6.40. The molecule has 1 aliphatic carbocycles. The van der Waals surface area contributed by atoms with Gasteiger partial charge in [-0.05, 0) is 54.8 Å². The van der Waals surface area contributed by atoms with Gasteiger partial charge < -0.3 is 14.2 Å². The topological polar surface area (TPSA) is 109 Å². The van der Waals surface area contributed by atoms with Crippen molar-refractivity contribution in [1.82, 2.24) is 14.4 Å². The molecule has 208 valence electrons. The van der Waals surface area contributed by atoms with Crippen LogP contribution in [-0.4, -0.2) is 32.3 Å². The lowest BCUT2D eigenvalue weighted by molar-refractivity contribution is -0.133. The van der Waals surface area contributed by atoms with Crippen molar-refractivity contribution in [2.45, 2.75) is 46.5 Å². The van der Waals surface area contributed by atoms with E-state index in [1.807, 2.05) is 30.3 Å². The summed E-state index contributed by atoms with van der Waals surface area (Å²) in [5, 5.41) is 0. The average molecular weight is 552 g/mol. The van der Waals surface area contributed by atoms with Crippen molar-refractivity contribution in [3.63, 3.8) is 0 Å². The van der Waals surface area contributed by atoms with Gasteiger partial charge in [-0.15, -0.1) is 0 Å². The van der Waals surface area contributed by atoms with E-state index in [1.54, 1.807) is 34.9 Å². The largest absolute Gasteiger partial charge is 0.427 e. The number of rotatable bonds is 8. The maximum atomic E-state index is 12.2. The van der Waals surface area contributed by atoms with Crippen molar-refractivity contribution in [3.05, 3.63) is 95.5 Å². The van der Waals surface area contributed by atoms with Gasteiger partial charge in [0.05, 0.1) is 11.4 Å².